The molecule has 0 unspecified atom stereocenters. The molecule has 0 aliphatic rings. The largest absolute Gasteiger partial charge is 0.387 e. The molecule has 0 spiro atoms. The van der Waals surface area contributed by atoms with Crippen LogP contribution < -0.4 is 10.6 Å². The lowest BCUT2D eigenvalue weighted by molar-refractivity contribution is 0.173. The molecule has 1 aromatic heterocycles. The molecule has 0 fully saturated rings. The minimum absolute atomic E-state index is 0.0852. The van der Waals surface area contributed by atoms with Crippen LogP contribution in [0.1, 0.15) is 30.1 Å². The van der Waals surface area contributed by atoms with E-state index in [1.807, 2.05) is 10.8 Å². The van der Waals surface area contributed by atoms with E-state index in [1.165, 1.54) is 23.5 Å². The van der Waals surface area contributed by atoms with Crippen LogP contribution in [-0.2, 0) is 0 Å². The van der Waals surface area contributed by atoms with Crippen LogP contribution in [0.15, 0.2) is 35.0 Å². The van der Waals surface area contributed by atoms with Crippen molar-refractivity contribution in [1.82, 2.24) is 10.6 Å². The lowest BCUT2D eigenvalue weighted by atomic mass is 10.0. The number of urea groups is 1. The number of halogens is 2. The number of nitrogens with one attached hydrogen (secondary N) is 2. The molecule has 1 heterocycles. The van der Waals surface area contributed by atoms with Crippen molar-refractivity contribution in [2.45, 2.75) is 18.9 Å². The Labute approximate surface area is 137 Å². The van der Waals surface area contributed by atoms with Gasteiger partial charge in [-0.3, -0.25) is 0 Å². The first-order valence-electron chi connectivity index (χ1n) is 7.14. The minimum atomic E-state index is -0.765. The molecule has 3 N–H and O–H groups in total. The predicted octanol–water partition coefficient (Wildman–Crippen LogP) is 3.16. The number of hydrogen-bond acceptors (Lipinski definition) is 3. The maximum Gasteiger partial charge on any atom is 0.314 e. The Balaban J connectivity index is 1.77. The maximum absolute atomic E-state index is 13.6. The van der Waals surface area contributed by atoms with Crippen LogP contribution in [0, 0.1) is 11.6 Å². The van der Waals surface area contributed by atoms with Crippen LogP contribution in [0.4, 0.5) is 13.6 Å². The molecule has 23 heavy (non-hydrogen) atoms. The van der Waals surface area contributed by atoms with Gasteiger partial charge in [-0.05, 0) is 34.0 Å². The van der Waals surface area contributed by atoms with E-state index in [2.05, 4.69) is 10.6 Å². The first-order valence-corrected chi connectivity index (χ1v) is 8.08. The number of benzene rings is 1. The summed E-state index contributed by atoms with van der Waals surface area (Å²) in [7, 11) is 0. The van der Waals surface area contributed by atoms with Gasteiger partial charge in [0.05, 0.1) is 6.10 Å². The van der Waals surface area contributed by atoms with E-state index < -0.39 is 23.8 Å². The highest BCUT2D eigenvalue weighted by Crippen LogP contribution is 2.19. The fraction of sp³-hybridized carbons (Fsp3) is 0.312. The van der Waals surface area contributed by atoms with Crippen molar-refractivity contribution in [3.63, 3.8) is 0 Å². The highest BCUT2D eigenvalue weighted by atomic mass is 32.1. The van der Waals surface area contributed by atoms with Gasteiger partial charge in [0.1, 0.15) is 11.6 Å². The summed E-state index contributed by atoms with van der Waals surface area (Å²) in [5, 5.41) is 18.7. The molecule has 2 aromatic rings. The van der Waals surface area contributed by atoms with Crippen molar-refractivity contribution < 1.29 is 18.7 Å². The summed E-state index contributed by atoms with van der Waals surface area (Å²) in [4.78, 5) is 11.7. The standard InChI is InChI=1S/C16H18F2N2O2S/c1-10(13-3-2-12(17)6-14(13)18)7-19-16(22)20-8-15(21)11-4-5-23-9-11/h2-6,9-10,15,21H,7-8H2,1H3,(H2,19,20,22)/t10-,15+/m0/s1. The summed E-state index contributed by atoms with van der Waals surface area (Å²) in [6, 6.07) is 4.72. The van der Waals surface area contributed by atoms with Gasteiger partial charge < -0.3 is 15.7 Å². The van der Waals surface area contributed by atoms with Gasteiger partial charge in [-0.15, -0.1) is 0 Å². The molecule has 1 aromatic carbocycles. The van der Waals surface area contributed by atoms with Crippen molar-refractivity contribution in [3.05, 3.63) is 57.8 Å². The third-order valence-electron chi connectivity index (χ3n) is 3.45. The van der Waals surface area contributed by atoms with Crippen LogP contribution in [0.5, 0.6) is 0 Å². The molecule has 2 amide bonds. The quantitative estimate of drug-likeness (QED) is 0.756. The normalized spacial score (nSPS) is 13.4. The molecule has 0 saturated heterocycles. The Bertz CT molecular complexity index is 650. The van der Waals surface area contributed by atoms with E-state index in [-0.39, 0.29) is 19.0 Å². The lowest BCUT2D eigenvalue weighted by Crippen LogP contribution is -2.39. The Hall–Kier alpha value is -1.99. The van der Waals surface area contributed by atoms with Crippen LogP contribution in [-0.4, -0.2) is 24.2 Å². The SMILES string of the molecule is C[C@@H](CNC(=O)NC[C@@H](O)c1ccsc1)c1ccc(F)cc1F. The van der Waals surface area contributed by atoms with Gasteiger partial charge in [0.2, 0.25) is 0 Å². The zero-order chi connectivity index (χ0) is 16.8. The van der Waals surface area contributed by atoms with Crippen LogP contribution >= 0.6 is 11.3 Å². The van der Waals surface area contributed by atoms with Gasteiger partial charge in [-0.2, -0.15) is 11.3 Å². The Kier molecular flexibility index (Phi) is 6.06. The Morgan fingerprint density at radius 2 is 2.00 bits per heavy atom. The zero-order valence-corrected chi connectivity index (χ0v) is 13.4. The number of amides is 2. The summed E-state index contributed by atoms with van der Waals surface area (Å²) in [6.45, 7) is 2.02. The molecule has 2 rings (SSSR count). The second kappa shape index (κ2) is 8.03. The number of aliphatic hydroxyl groups excluding tert-OH is 1. The van der Waals surface area contributed by atoms with E-state index in [1.54, 1.807) is 13.0 Å². The van der Waals surface area contributed by atoms with E-state index in [0.717, 1.165) is 11.6 Å². The van der Waals surface area contributed by atoms with Crippen molar-refractivity contribution in [1.29, 1.82) is 0 Å². The third kappa shape index (κ3) is 5.01. The second-order valence-corrected chi connectivity index (χ2v) is 6.01. The van der Waals surface area contributed by atoms with E-state index >= 15 is 0 Å². The molecule has 0 saturated carbocycles. The van der Waals surface area contributed by atoms with E-state index in [9.17, 15) is 18.7 Å². The number of thiophene rings is 1. The average Bonchev–Trinajstić information content (AvgIpc) is 3.04. The second-order valence-electron chi connectivity index (χ2n) is 5.23. The fourth-order valence-electron chi connectivity index (χ4n) is 2.09. The monoisotopic (exact) mass is 340 g/mol. The fourth-order valence-corrected chi connectivity index (χ4v) is 2.80. The molecular formula is C16H18F2N2O2S. The number of carbonyl (C=O) groups is 1. The van der Waals surface area contributed by atoms with Gasteiger partial charge >= 0.3 is 6.03 Å². The van der Waals surface area contributed by atoms with Crippen molar-refractivity contribution in [2.24, 2.45) is 0 Å². The van der Waals surface area contributed by atoms with Gasteiger partial charge in [-0.1, -0.05) is 13.0 Å². The van der Waals surface area contributed by atoms with E-state index in [4.69, 9.17) is 0 Å². The summed E-state index contributed by atoms with van der Waals surface area (Å²) in [5.41, 5.74) is 1.09. The minimum Gasteiger partial charge on any atom is -0.387 e. The number of carbonyl (C=O) groups excluding carboxylic acids is 1. The number of hydrogen-bond donors (Lipinski definition) is 3. The van der Waals surface area contributed by atoms with Crippen LogP contribution in [0.25, 0.3) is 0 Å². The predicted molar refractivity (Wildman–Crippen MR) is 85.5 cm³/mol. The van der Waals surface area contributed by atoms with Gasteiger partial charge in [-0.25, -0.2) is 13.6 Å². The topological polar surface area (TPSA) is 61.4 Å². The average molecular weight is 340 g/mol. The summed E-state index contributed by atoms with van der Waals surface area (Å²) >= 11 is 1.47. The van der Waals surface area contributed by atoms with Crippen molar-refractivity contribution in [3.8, 4) is 0 Å². The first kappa shape index (κ1) is 17.4. The Morgan fingerprint density at radius 1 is 1.26 bits per heavy atom. The highest BCUT2D eigenvalue weighted by Gasteiger charge is 2.14. The molecule has 4 nitrogen and oxygen atoms in total. The van der Waals surface area contributed by atoms with Crippen LogP contribution in [0.3, 0.4) is 0 Å². The van der Waals surface area contributed by atoms with Crippen molar-refractivity contribution in [2.75, 3.05) is 13.1 Å². The van der Waals surface area contributed by atoms with Gasteiger partial charge in [0.25, 0.3) is 0 Å². The van der Waals surface area contributed by atoms with Gasteiger partial charge in [0, 0.05) is 25.1 Å². The molecule has 7 heteroatoms. The molecule has 0 aliphatic carbocycles. The Morgan fingerprint density at radius 3 is 2.65 bits per heavy atom. The summed E-state index contributed by atoms with van der Waals surface area (Å²) in [6.07, 6.45) is -0.765. The smallest absolute Gasteiger partial charge is 0.314 e. The molecule has 0 bridgehead atoms. The number of rotatable bonds is 6. The maximum atomic E-state index is 13.6. The molecule has 0 aliphatic heterocycles. The third-order valence-corrected chi connectivity index (χ3v) is 4.15. The highest BCUT2D eigenvalue weighted by molar-refractivity contribution is 7.07. The molecule has 2 atom stereocenters. The molecular weight excluding hydrogens is 322 g/mol. The lowest BCUT2D eigenvalue weighted by Gasteiger charge is -2.15. The molecule has 124 valence electrons. The summed E-state index contributed by atoms with van der Waals surface area (Å²) in [5.74, 6) is -1.57. The number of aliphatic hydroxyl groups is 1. The van der Waals surface area contributed by atoms with Crippen LogP contribution in [0.2, 0.25) is 0 Å². The van der Waals surface area contributed by atoms with E-state index in [0.29, 0.717) is 5.56 Å². The van der Waals surface area contributed by atoms with Crippen molar-refractivity contribution >= 4 is 17.4 Å². The van der Waals surface area contributed by atoms with Gasteiger partial charge in [0.15, 0.2) is 0 Å². The summed E-state index contributed by atoms with van der Waals surface area (Å²) < 4.78 is 26.5. The molecule has 0 radical (unpaired) electrons. The zero-order valence-electron chi connectivity index (χ0n) is 12.6. The first-order chi connectivity index (χ1) is 11.0.